The van der Waals surface area contributed by atoms with Gasteiger partial charge >= 0.3 is 5.97 Å². The van der Waals surface area contributed by atoms with Crippen LogP contribution in [0, 0.1) is 11.3 Å². The number of carbonyl (C=O) groups is 2. The molecule has 1 amide bonds. The van der Waals surface area contributed by atoms with Crippen LogP contribution in [0.1, 0.15) is 13.8 Å². The number of nitrogens with zero attached hydrogens (tertiary/aromatic N) is 2. The molecule has 96 valence electrons. The standard InChI is InChI=1S/C10H10N2O5S/c1-10(2)6(9(14)15)12-7(13)5(3-4-11)8(12)18(10,16)17/h3,6,8H,1-2H3,(H,14,15)/b5-3-/t6-,8?/m0/s1. The van der Waals surface area contributed by atoms with Gasteiger partial charge in [0.2, 0.25) is 0 Å². The van der Waals surface area contributed by atoms with Crippen LogP contribution < -0.4 is 0 Å². The molecule has 2 fully saturated rings. The molecule has 18 heavy (non-hydrogen) atoms. The van der Waals surface area contributed by atoms with Crippen molar-refractivity contribution in [1.29, 1.82) is 5.26 Å². The zero-order valence-electron chi connectivity index (χ0n) is 9.61. The van der Waals surface area contributed by atoms with E-state index in [1.807, 2.05) is 0 Å². The van der Waals surface area contributed by atoms with Gasteiger partial charge in [0.15, 0.2) is 21.3 Å². The molecule has 0 radical (unpaired) electrons. The summed E-state index contributed by atoms with van der Waals surface area (Å²) in [4.78, 5) is 23.7. The molecule has 0 spiro atoms. The Balaban J connectivity index is 2.64. The van der Waals surface area contributed by atoms with Crippen LogP contribution in [0.2, 0.25) is 0 Å². The molecule has 0 aromatic heterocycles. The van der Waals surface area contributed by atoms with Gasteiger partial charge in [-0.05, 0) is 13.8 Å². The minimum Gasteiger partial charge on any atom is -0.480 e. The second kappa shape index (κ2) is 3.32. The molecule has 0 aromatic rings. The van der Waals surface area contributed by atoms with Gasteiger partial charge in [-0.15, -0.1) is 0 Å². The van der Waals surface area contributed by atoms with E-state index >= 15 is 0 Å². The monoisotopic (exact) mass is 270 g/mol. The lowest BCUT2D eigenvalue weighted by Crippen LogP contribution is -2.58. The number of aliphatic carboxylic acids is 1. The molecule has 1 unspecified atom stereocenters. The third-order valence-corrected chi connectivity index (χ3v) is 6.18. The number of hydrogen-bond donors (Lipinski definition) is 1. The average Bonchev–Trinajstić information content (AvgIpc) is 2.38. The lowest BCUT2D eigenvalue weighted by molar-refractivity contribution is -0.152. The van der Waals surface area contributed by atoms with Gasteiger partial charge in [-0.25, -0.2) is 13.2 Å². The van der Waals surface area contributed by atoms with E-state index in [9.17, 15) is 18.0 Å². The fraction of sp³-hybridized carbons (Fsp3) is 0.500. The molecule has 2 aliphatic heterocycles. The summed E-state index contributed by atoms with van der Waals surface area (Å²) in [7, 11) is -3.86. The third-order valence-electron chi connectivity index (χ3n) is 3.42. The predicted molar refractivity (Wildman–Crippen MR) is 58.8 cm³/mol. The number of sulfone groups is 1. The quantitative estimate of drug-likeness (QED) is 0.381. The van der Waals surface area contributed by atoms with Crippen LogP contribution in [0.5, 0.6) is 0 Å². The first-order valence-electron chi connectivity index (χ1n) is 5.06. The molecular weight excluding hydrogens is 260 g/mol. The van der Waals surface area contributed by atoms with Crippen molar-refractivity contribution in [1.82, 2.24) is 4.90 Å². The Morgan fingerprint density at radius 2 is 2.11 bits per heavy atom. The zero-order valence-corrected chi connectivity index (χ0v) is 10.4. The zero-order chi connectivity index (χ0) is 13.9. The SMILES string of the molecule is CC1(C)[C@H](C(=O)O)N2C(=O)/C(=C/C#N)C2S1(=O)=O. The van der Waals surface area contributed by atoms with Crippen molar-refractivity contribution in [3.05, 3.63) is 11.6 Å². The molecule has 0 aromatic carbocycles. The smallest absolute Gasteiger partial charge is 0.328 e. The van der Waals surface area contributed by atoms with E-state index in [1.54, 1.807) is 6.07 Å². The van der Waals surface area contributed by atoms with Crippen molar-refractivity contribution >= 4 is 21.7 Å². The summed E-state index contributed by atoms with van der Waals surface area (Å²) in [6.07, 6.45) is 0.862. The highest BCUT2D eigenvalue weighted by molar-refractivity contribution is 7.94. The number of fused-ring (bicyclic) bond motifs is 1. The molecule has 7 nitrogen and oxygen atoms in total. The summed E-state index contributed by atoms with van der Waals surface area (Å²) in [5, 5.41) is 16.3. The van der Waals surface area contributed by atoms with Gasteiger partial charge in [-0.3, -0.25) is 4.79 Å². The second-order valence-electron chi connectivity index (χ2n) is 4.68. The van der Waals surface area contributed by atoms with Crippen molar-refractivity contribution in [3.63, 3.8) is 0 Å². The molecule has 2 rings (SSSR count). The van der Waals surface area contributed by atoms with Gasteiger partial charge < -0.3 is 10.0 Å². The molecule has 2 saturated heterocycles. The Morgan fingerprint density at radius 3 is 2.56 bits per heavy atom. The van der Waals surface area contributed by atoms with E-state index in [0.29, 0.717) is 0 Å². The van der Waals surface area contributed by atoms with E-state index < -0.39 is 37.9 Å². The van der Waals surface area contributed by atoms with Crippen molar-refractivity contribution in [2.24, 2.45) is 0 Å². The van der Waals surface area contributed by atoms with E-state index in [4.69, 9.17) is 10.4 Å². The second-order valence-corrected chi connectivity index (χ2v) is 7.27. The van der Waals surface area contributed by atoms with Crippen molar-refractivity contribution in [3.8, 4) is 6.07 Å². The van der Waals surface area contributed by atoms with Crippen LogP contribution in [-0.4, -0.2) is 46.5 Å². The summed E-state index contributed by atoms with van der Waals surface area (Å²) in [6, 6.07) is 0.180. The van der Waals surface area contributed by atoms with Gasteiger partial charge in [0, 0.05) is 6.08 Å². The maximum Gasteiger partial charge on any atom is 0.328 e. The first-order valence-corrected chi connectivity index (χ1v) is 6.61. The highest BCUT2D eigenvalue weighted by Gasteiger charge is 2.70. The molecule has 0 aliphatic carbocycles. The highest BCUT2D eigenvalue weighted by atomic mass is 32.2. The van der Waals surface area contributed by atoms with Crippen molar-refractivity contribution in [2.45, 2.75) is 30.0 Å². The fourth-order valence-electron chi connectivity index (χ4n) is 2.41. The van der Waals surface area contributed by atoms with E-state index in [1.165, 1.54) is 13.8 Å². The topological polar surface area (TPSA) is 116 Å². The number of amides is 1. The van der Waals surface area contributed by atoms with Crippen LogP contribution in [0.25, 0.3) is 0 Å². The highest BCUT2D eigenvalue weighted by Crippen LogP contribution is 2.48. The summed E-state index contributed by atoms with van der Waals surface area (Å²) in [5.41, 5.74) is -0.158. The van der Waals surface area contributed by atoms with Gasteiger partial charge in [-0.1, -0.05) is 0 Å². The molecule has 0 saturated carbocycles. The molecule has 2 atom stereocenters. The number of hydrogen-bond acceptors (Lipinski definition) is 5. The molecule has 0 bridgehead atoms. The molecule has 2 heterocycles. The minimum atomic E-state index is -3.86. The maximum atomic E-state index is 12.2. The number of carbonyl (C=O) groups excluding carboxylic acids is 1. The van der Waals surface area contributed by atoms with Crippen molar-refractivity contribution < 1.29 is 23.1 Å². The lowest BCUT2D eigenvalue weighted by atomic mass is 9.96. The number of β-lactam (4-membered cyclic amide) rings is 1. The third kappa shape index (κ3) is 1.14. The first-order chi connectivity index (χ1) is 8.17. The Kier molecular flexibility index (Phi) is 2.32. The van der Waals surface area contributed by atoms with Gasteiger partial charge in [0.25, 0.3) is 5.91 Å². The summed E-state index contributed by atoms with van der Waals surface area (Å²) in [6.45, 7) is 2.55. The van der Waals surface area contributed by atoms with Gasteiger partial charge in [0.05, 0.1) is 11.6 Å². The summed E-state index contributed by atoms with van der Waals surface area (Å²) >= 11 is 0. The predicted octanol–water partition coefficient (Wildman–Crippen LogP) is -0.735. The largest absolute Gasteiger partial charge is 0.480 e. The molecule has 1 N–H and O–H groups in total. The number of nitriles is 1. The number of allylic oxidation sites excluding steroid dienone is 1. The number of rotatable bonds is 1. The van der Waals surface area contributed by atoms with Crippen molar-refractivity contribution in [2.75, 3.05) is 0 Å². The first kappa shape index (κ1) is 12.6. The van der Waals surface area contributed by atoms with Crippen LogP contribution in [0.15, 0.2) is 11.6 Å². The average molecular weight is 270 g/mol. The van der Waals surface area contributed by atoms with Crippen LogP contribution in [-0.2, 0) is 19.4 Å². The summed E-state index contributed by atoms with van der Waals surface area (Å²) in [5.74, 6) is -2.07. The van der Waals surface area contributed by atoms with Gasteiger partial charge in [-0.2, -0.15) is 5.26 Å². The maximum absolute atomic E-state index is 12.2. The fourth-order valence-corrected chi connectivity index (χ4v) is 4.53. The Labute approximate surface area is 103 Å². The van der Waals surface area contributed by atoms with Crippen LogP contribution >= 0.6 is 0 Å². The normalized spacial score (nSPS) is 33.7. The Bertz CT molecular complexity index is 625. The molecule has 8 heteroatoms. The van der Waals surface area contributed by atoms with E-state index in [-0.39, 0.29) is 5.57 Å². The molecular formula is C10H10N2O5S. The Hall–Kier alpha value is -1.88. The minimum absolute atomic E-state index is 0.158. The van der Waals surface area contributed by atoms with E-state index in [0.717, 1.165) is 11.0 Å². The number of carboxylic acids is 1. The van der Waals surface area contributed by atoms with Crippen LogP contribution in [0.4, 0.5) is 0 Å². The summed E-state index contributed by atoms with van der Waals surface area (Å²) < 4.78 is 22.8. The lowest BCUT2D eigenvalue weighted by Gasteiger charge is -2.37. The number of carboxylic acid groups (broad SMARTS) is 1. The molecule has 2 aliphatic rings. The Morgan fingerprint density at radius 1 is 1.56 bits per heavy atom. The van der Waals surface area contributed by atoms with Gasteiger partial charge in [0.1, 0.15) is 4.75 Å². The van der Waals surface area contributed by atoms with Crippen LogP contribution in [0.3, 0.4) is 0 Å². The van der Waals surface area contributed by atoms with E-state index in [2.05, 4.69) is 0 Å².